The predicted molar refractivity (Wildman–Crippen MR) is 114 cm³/mol. The number of rotatable bonds is 5. The van der Waals surface area contributed by atoms with Gasteiger partial charge in [-0.3, -0.25) is 9.59 Å². The Kier molecular flexibility index (Phi) is 5.84. The summed E-state index contributed by atoms with van der Waals surface area (Å²) >= 11 is 0. The first kappa shape index (κ1) is 20.1. The van der Waals surface area contributed by atoms with Crippen LogP contribution < -0.4 is 5.32 Å². The van der Waals surface area contributed by atoms with Gasteiger partial charge in [0.25, 0.3) is 5.91 Å². The SMILES string of the molecule is CC(C)OC(=O)C1CCC(c2ccc(NC(=O)c3onc4ccccc34)cc2)CC1. The van der Waals surface area contributed by atoms with Crippen LogP contribution in [0.2, 0.25) is 0 Å². The molecule has 1 heterocycles. The fourth-order valence-corrected chi connectivity index (χ4v) is 4.07. The normalized spacial score (nSPS) is 19.0. The van der Waals surface area contributed by atoms with Gasteiger partial charge in [-0.05, 0) is 75.3 Å². The number of anilines is 1. The highest BCUT2D eigenvalue weighted by Crippen LogP contribution is 2.36. The Balaban J connectivity index is 1.35. The Morgan fingerprint density at radius 1 is 1.03 bits per heavy atom. The zero-order valence-corrected chi connectivity index (χ0v) is 17.3. The quantitative estimate of drug-likeness (QED) is 0.581. The Morgan fingerprint density at radius 2 is 1.73 bits per heavy atom. The van der Waals surface area contributed by atoms with Crippen molar-refractivity contribution >= 4 is 28.5 Å². The lowest BCUT2D eigenvalue weighted by Gasteiger charge is -2.28. The smallest absolute Gasteiger partial charge is 0.309 e. The molecule has 1 aliphatic rings. The number of ether oxygens (including phenoxy) is 1. The Labute approximate surface area is 175 Å². The number of nitrogens with one attached hydrogen (secondary N) is 1. The molecule has 0 unspecified atom stereocenters. The molecule has 3 aromatic rings. The van der Waals surface area contributed by atoms with Crippen molar-refractivity contribution in [2.75, 3.05) is 5.32 Å². The van der Waals surface area contributed by atoms with Crippen LogP contribution in [0.3, 0.4) is 0 Å². The molecule has 0 spiro atoms. The largest absolute Gasteiger partial charge is 0.463 e. The first-order valence-corrected chi connectivity index (χ1v) is 10.5. The van der Waals surface area contributed by atoms with Crippen molar-refractivity contribution in [3.8, 4) is 0 Å². The molecule has 4 rings (SSSR count). The van der Waals surface area contributed by atoms with E-state index in [4.69, 9.17) is 9.26 Å². The number of fused-ring (bicyclic) bond motifs is 1. The number of amides is 1. The van der Waals surface area contributed by atoms with Crippen LogP contribution >= 0.6 is 0 Å². The van der Waals surface area contributed by atoms with Crippen LogP contribution in [0.1, 0.15) is 61.6 Å². The number of carbonyl (C=O) groups is 2. The second-order valence-corrected chi connectivity index (χ2v) is 8.14. The van der Waals surface area contributed by atoms with Crippen LogP contribution in [0.25, 0.3) is 10.9 Å². The van der Waals surface area contributed by atoms with Gasteiger partial charge in [0.05, 0.1) is 17.4 Å². The van der Waals surface area contributed by atoms with Crippen LogP contribution in [-0.2, 0) is 9.53 Å². The molecule has 0 bridgehead atoms. The van der Waals surface area contributed by atoms with Crippen molar-refractivity contribution in [3.05, 3.63) is 59.9 Å². The monoisotopic (exact) mass is 406 g/mol. The molecule has 1 aliphatic carbocycles. The molecular weight excluding hydrogens is 380 g/mol. The number of nitrogens with zero attached hydrogens (tertiary/aromatic N) is 1. The molecule has 0 radical (unpaired) electrons. The van der Waals surface area contributed by atoms with E-state index in [2.05, 4.69) is 10.5 Å². The van der Waals surface area contributed by atoms with Crippen LogP contribution in [0.4, 0.5) is 5.69 Å². The molecule has 30 heavy (non-hydrogen) atoms. The Hall–Kier alpha value is -3.15. The van der Waals surface area contributed by atoms with Crippen molar-refractivity contribution in [3.63, 3.8) is 0 Å². The average Bonchev–Trinajstić information content (AvgIpc) is 3.18. The lowest BCUT2D eigenvalue weighted by molar-refractivity contribution is -0.153. The highest BCUT2D eigenvalue weighted by atomic mass is 16.5. The predicted octanol–water partition coefficient (Wildman–Crippen LogP) is 5.31. The summed E-state index contributed by atoms with van der Waals surface area (Å²) in [5.74, 6) is 0.262. The highest BCUT2D eigenvalue weighted by molar-refractivity contribution is 6.10. The average molecular weight is 406 g/mol. The topological polar surface area (TPSA) is 81.4 Å². The second kappa shape index (κ2) is 8.69. The molecule has 0 saturated heterocycles. The van der Waals surface area contributed by atoms with Gasteiger partial charge in [0.1, 0.15) is 5.52 Å². The number of benzene rings is 2. The van der Waals surface area contributed by atoms with E-state index in [1.54, 1.807) is 0 Å². The summed E-state index contributed by atoms with van der Waals surface area (Å²) in [6.45, 7) is 3.77. The van der Waals surface area contributed by atoms with E-state index in [0.717, 1.165) is 25.7 Å². The molecular formula is C24H26N2O4. The van der Waals surface area contributed by atoms with Gasteiger partial charge >= 0.3 is 5.97 Å². The lowest BCUT2D eigenvalue weighted by Crippen LogP contribution is -2.25. The maximum Gasteiger partial charge on any atom is 0.309 e. The number of carbonyl (C=O) groups excluding carboxylic acids is 2. The zero-order chi connectivity index (χ0) is 21.1. The molecule has 156 valence electrons. The third kappa shape index (κ3) is 4.37. The van der Waals surface area contributed by atoms with E-state index >= 15 is 0 Å². The number of esters is 1. The van der Waals surface area contributed by atoms with Crippen molar-refractivity contribution in [2.45, 2.75) is 51.6 Å². The minimum absolute atomic E-state index is 0.0129. The molecule has 2 aromatic carbocycles. The molecule has 1 amide bonds. The first-order chi connectivity index (χ1) is 14.5. The molecule has 1 aromatic heterocycles. The minimum Gasteiger partial charge on any atom is -0.463 e. The zero-order valence-electron chi connectivity index (χ0n) is 17.3. The van der Waals surface area contributed by atoms with Gasteiger partial charge in [0.2, 0.25) is 5.76 Å². The molecule has 0 atom stereocenters. The molecule has 0 aliphatic heterocycles. The number of hydrogen-bond donors (Lipinski definition) is 1. The summed E-state index contributed by atoms with van der Waals surface area (Å²) in [4.78, 5) is 24.7. The lowest BCUT2D eigenvalue weighted by atomic mass is 9.78. The van der Waals surface area contributed by atoms with Crippen molar-refractivity contribution in [1.29, 1.82) is 0 Å². The summed E-state index contributed by atoms with van der Waals surface area (Å²) in [5, 5.41) is 7.49. The molecule has 1 N–H and O–H groups in total. The van der Waals surface area contributed by atoms with Gasteiger partial charge in [-0.25, -0.2) is 0 Å². The number of hydrogen-bond acceptors (Lipinski definition) is 5. The van der Waals surface area contributed by atoms with E-state index in [9.17, 15) is 9.59 Å². The highest BCUT2D eigenvalue weighted by Gasteiger charge is 2.28. The summed E-state index contributed by atoms with van der Waals surface area (Å²) in [6, 6.07) is 15.2. The minimum atomic E-state index is -0.319. The fourth-order valence-electron chi connectivity index (χ4n) is 4.07. The second-order valence-electron chi connectivity index (χ2n) is 8.14. The van der Waals surface area contributed by atoms with Crippen LogP contribution in [0.15, 0.2) is 53.1 Å². The first-order valence-electron chi connectivity index (χ1n) is 10.5. The Morgan fingerprint density at radius 3 is 2.43 bits per heavy atom. The van der Waals surface area contributed by atoms with Crippen LogP contribution in [0, 0.1) is 5.92 Å². The van der Waals surface area contributed by atoms with Gasteiger partial charge in [0.15, 0.2) is 0 Å². The third-order valence-corrected chi connectivity index (χ3v) is 5.64. The summed E-state index contributed by atoms with van der Waals surface area (Å²) < 4.78 is 10.6. The van der Waals surface area contributed by atoms with Gasteiger partial charge < -0.3 is 14.6 Å². The van der Waals surface area contributed by atoms with Crippen molar-refractivity contribution in [1.82, 2.24) is 5.16 Å². The molecule has 6 heteroatoms. The van der Waals surface area contributed by atoms with E-state index in [-0.39, 0.29) is 29.7 Å². The van der Waals surface area contributed by atoms with Gasteiger partial charge in [-0.15, -0.1) is 0 Å². The van der Waals surface area contributed by atoms with Crippen molar-refractivity contribution < 1.29 is 18.8 Å². The maximum atomic E-state index is 12.6. The molecule has 1 saturated carbocycles. The van der Waals surface area contributed by atoms with E-state index in [0.29, 0.717) is 22.5 Å². The molecule has 1 fully saturated rings. The maximum absolute atomic E-state index is 12.6. The van der Waals surface area contributed by atoms with E-state index in [1.165, 1.54) is 5.56 Å². The summed E-state index contributed by atoms with van der Waals surface area (Å²) in [6.07, 6.45) is 3.58. The standard InChI is InChI=1S/C24H26N2O4/c1-15(2)29-24(28)18-9-7-16(8-10-18)17-11-13-19(14-12-17)25-23(27)22-20-5-3-4-6-21(20)26-30-22/h3-6,11-16,18H,7-10H2,1-2H3,(H,25,27). The van der Waals surface area contributed by atoms with Crippen molar-refractivity contribution in [2.24, 2.45) is 5.92 Å². The Bertz CT molecular complexity index is 1030. The fraction of sp³-hybridized carbons (Fsp3) is 0.375. The van der Waals surface area contributed by atoms with Crippen LogP contribution in [0.5, 0.6) is 0 Å². The summed E-state index contributed by atoms with van der Waals surface area (Å²) in [7, 11) is 0. The van der Waals surface area contributed by atoms with E-state index in [1.807, 2.05) is 62.4 Å². The molecule has 6 nitrogen and oxygen atoms in total. The summed E-state index contributed by atoms with van der Waals surface area (Å²) in [5.41, 5.74) is 2.60. The third-order valence-electron chi connectivity index (χ3n) is 5.64. The van der Waals surface area contributed by atoms with Gasteiger partial charge in [0, 0.05) is 5.69 Å². The van der Waals surface area contributed by atoms with Crippen LogP contribution in [-0.4, -0.2) is 23.1 Å². The number of aromatic nitrogens is 1. The van der Waals surface area contributed by atoms with Gasteiger partial charge in [-0.2, -0.15) is 0 Å². The van der Waals surface area contributed by atoms with E-state index < -0.39 is 0 Å². The van der Waals surface area contributed by atoms with Gasteiger partial charge in [-0.1, -0.05) is 29.4 Å².